The lowest BCUT2D eigenvalue weighted by Crippen LogP contribution is -2.14. The first-order chi connectivity index (χ1) is 12.6. The minimum absolute atomic E-state index is 0.0154. The molecule has 2 aromatic carbocycles. The van der Waals surface area contributed by atoms with Crippen LogP contribution in [-0.4, -0.2) is 10.9 Å². The zero-order valence-electron chi connectivity index (χ0n) is 13.9. The fourth-order valence-corrected chi connectivity index (χ4v) is 3.23. The van der Waals surface area contributed by atoms with Gasteiger partial charge in [0, 0.05) is 21.7 Å². The average Bonchev–Trinajstić information content (AvgIpc) is 3.13. The standard InChI is InChI=1S/C20H14ClN3OS/c1-13-16(21)8-5-9-17(13)24-20(25)15(11-22)10-19-23-18(12-26-19)14-6-3-2-4-7-14/h2-10,12H,1H3,(H,24,25). The fourth-order valence-electron chi connectivity index (χ4n) is 2.30. The molecule has 0 bridgehead atoms. The molecule has 4 nitrogen and oxygen atoms in total. The predicted molar refractivity (Wildman–Crippen MR) is 106 cm³/mol. The summed E-state index contributed by atoms with van der Waals surface area (Å²) >= 11 is 7.44. The molecule has 0 aliphatic rings. The quantitative estimate of drug-likeness (QED) is 0.493. The molecular weight excluding hydrogens is 366 g/mol. The van der Waals surface area contributed by atoms with Gasteiger partial charge >= 0.3 is 0 Å². The Morgan fingerprint density at radius 1 is 1.23 bits per heavy atom. The largest absolute Gasteiger partial charge is 0.321 e. The van der Waals surface area contributed by atoms with Crippen LogP contribution in [0.1, 0.15) is 10.6 Å². The first-order valence-electron chi connectivity index (χ1n) is 7.77. The molecule has 0 fully saturated rings. The molecule has 0 atom stereocenters. The highest BCUT2D eigenvalue weighted by molar-refractivity contribution is 7.10. The first kappa shape index (κ1) is 17.9. The van der Waals surface area contributed by atoms with Gasteiger partial charge in [-0.15, -0.1) is 11.3 Å². The Hall–Kier alpha value is -2.94. The lowest BCUT2D eigenvalue weighted by Gasteiger charge is -2.08. The van der Waals surface area contributed by atoms with E-state index in [0.717, 1.165) is 16.8 Å². The molecule has 1 N–H and O–H groups in total. The van der Waals surface area contributed by atoms with Crippen molar-refractivity contribution in [3.8, 4) is 17.3 Å². The number of hydrogen-bond acceptors (Lipinski definition) is 4. The highest BCUT2D eigenvalue weighted by Crippen LogP contribution is 2.25. The molecule has 0 spiro atoms. The highest BCUT2D eigenvalue weighted by Gasteiger charge is 2.13. The molecule has 128 valence electrons. The summed E-state index contributed by atoms with van der Waals surface area (Å²) in [6.45, 7) is 1.81. The summed E-state index contributed by atoms with van der Waals surface area (Å²) in [5, 5.41) is 15.1. The van der Waals surface area contributed by atoms with Crippen LogP contribution in [0.4, 0.5) is 5.69 Å². The number of rotatable bonds is 4. The van der Waals surface area contributed by atoms with Gasteiger partial charge < -0.3 is 5.32 Å². The monoisotopic (exact) mass is 379 g/mol. The Kier molecular flexibility index (Phi) is 5.47. The summed E-state index contributed by atoms with van der Waals surface area (Å²) in [6.07, 6.45) is 1.49. The number of thiazole rings is 1. The van der Waals surface area contributed by atoms with Crippen molar-refractivity contribution in [2.45, 2.75) is 6.92 Å². The summed E-state index contributed by atoms with van der Waals surface area (Å²) in [5.41, 5.74) is 3.11. The van der Waals surface area contributed by atoms with Crippen molar-refractivity contribution in [3.05, 3.63) is 75.1 Å². The van der Waals surface area contributed by atoms with Gasteiger partial charge in [-0.05, 0) is 30.7 Å². The lowest BCUT2D eigenvalue weighted by atomic mass is 10.2. The Bertz CT molecular complexity index is 1020. The maximum absolute atomic E-state index is 12.4. The molecule has 6 heteroatoms. The fraction of sp³-hybridized carbons (Fsp3) is 0.0500. The van der Waals surface area contributed by atoms with E-state index in [0.29, 0.717) is 15.7 Å². The van der Waals surface area contributed by atoms with Crippen LogP contribution in [0.3, 0.4) is 0 Å². The second kappa shape index (κ2) is 7.96. The van der Waals surface area contributed by atoms with Crippen LogP contribution >= 0.6 is 22.9 Å². The number of carbonyl (C=O) groups excluding carboxylic acids is 1. The summed E-state index contributed by atoms with van der Waals surface area (Å²) in [4.78, 5) is 16.9. The molecular formula is C20H14ClN3OS. The van der Waals surface area contributed by atoms with E-state index < -0.39 is 5.91 Å². The third-order valence-electron chi connectivity index (χ3n) is 3.74. The number of aromatic nitrogens is 1. The van der Waals surface area contributed by atoms with Crippen molar-refractivity contribution in [1.82, 2.24) is 4.98 Å². The Labute approximate surface area is 160 Å². The molecule has 1 amide bonds. The van der Waals surface area contributed by atoms with Crippen LogP contribution in [0.2, 0.25) is 5.02 Å². The molecule has 0 saturated heterocycles. The van der Waals surface area contributed by atoms with Crippen LogP contribution in [0.25, 0.3) is 17.3 Å². The van der Waals surface area contributed by atoms with Gasteiger partial charge in [0.05, 0.1) is 5.69 Å². The molecule has 1 aromatic heterocycles. The van der Waals surface area contributed by atoms with Crippen molar-refractivity contribution < 1.29 is 4.79 Å². The number of hydrogen-bond donors (Lipinski definition) is 1. The SMILES string of the molecule is Cc1c(Cl)cccc1NC(=O)C(C#N)=Cc1nc(-c2ccccc2)cs1. The second-order valence-corrected chi connectivity index (χ2v) is 6.77. The number of carbonyl (C=O) groups is 1. The van der Waals surface area contributed by atoms with E-state index in [1.54, 1.807) is 25.1 Å². The van der Waals surface area contributed by atoms with Gasteiger partial charge in [-0.3, -0.25) is 4.79 Å². The van der Waals surface area contributed by atoms with Crippen LogP contribution in [0.5, 0.6) is 0 Å². The van der Waals surface area contributed by atoms with E-state index in [1.165, 1.54) is 17.4 Å². The number of nitrogens with zero attached hydrogens (tertiary/aromatic N) is 2. The van der Waals surface area contributed by atoms with Crippen LogP contribution in [-0.2, 0) is 4.79 Å². The number of amides is 1. The normalized spacial score (nSPS) is 11.0. The minimum Gasteiger partial charge on any atom is -0.321 e. The molecule has 26 heavy (non-hydrogen) atoms. The molecule has 3 rings (SSSR count). The van der Waals surface area contributed by atoms with Crippen molar-refractivity contribution in [1.29, 1.82) is 5.26 Å². The predicted octanol–water partition coefficient (Wildman–Crippen LogP) is 5.32. The molecule has 0 saturated carbocycles. The van der Waals surface area contributed by atoms with Gasteiger partial charge in [0.2, 0.25) is 0 Å². The Morgan fingerprint density at radius 3 is 2.73 bits per heavy atom. The Morgan fingerprint density at radius 2 is 2.00 bits per heavy atom. The van der Waals surface area contributed by atoms with Gasteiger partial charge in [-0.25, -0.2) is 4.98 Å². The molecule has 0 unspecified atom stereocenters. The third kappa shape index (κ3) is 3.99. The highest BCUT2D eigenvalue weighted by atomic mass is 35.5. The van der Waals surface area contributed by atoms with Crippen molar-refractivity contribution in [2.75, 3.05) is 5.32 Å². The van der Waals surface area contributed by atoms with Crippen molar-refractivity contribution in [3.63, 3.8) is 0 Å². The van der Waals surface area contributed by atoms with E-state index in [1.807, 2.05) is 41.8 Å². The number of anilines is 1. The minimum atomic E-state index is -0.491. The van der Waals surface area contributed by atoms with E-state index in [2.05, 4.69) is 10.3 Å². The van der Waals surface area contributed by atoms with Crippen LogP contribution in [0.15, 0.2) is 59.5 Å². The molecule has 0 aliphatic heterocycles. The van der Waals surface area contributed by atoms with E-state index in [9.17, 15) is 10.1 Å². The number of halogens is 1. The molecule has 1 heterocycles. The number of benzene rings is 2. The third-order valence-corrected chi connectivity index (χ3v) is 4.94. The number of nitriles is 1. The first-order valence-corrected chi connectivity index (χ1v) is 9.03. The van der Waals surface area contributed by atoms with Gasteiger partial charge in [0.15, 0.2) is 0 Å². The van der Waals surface area contributed by atoms with Crippen molar-refractivity contribution in [2.24, 2.45) is 0 Å². The number of nitrogens with one attached hydrogen (secondary N) is 1. The summed E-state index contributed by atoms with van der Waals surface area (Å²) < 4.78 is 0. The topological polar surface area (TPSA) is 65.8 Å². The molecule has 3 aromatic rings. The van der Waals surface area contributed by atoms with E-state index in [4.69, 9.17) is 11.6 Å². The summed E-state index contributed by atoms with van der Waals surface area (Å²) in [5.74, 6) is -0.491. The van der Waals surface area contributed by atoms with Gasteiger partial charge in [-0.2, -0.15) is 5.26 Å². The maximum Gasteiger partial charge on any atom is 0.266 e. The molecule has 0 radical (unpaired) electrons. The van der Waals surface area contributed by atoms with Crippen LogP contribution in [0, 0.1) is 18.3 Å². The van der Waals surface area contributed by atoms with Crippen molar-refractivity contribution >= 4 is 40.6 Å². The average molecular weight is 380 g/mol. The summed E-state index contributed by atoms with van der Waals surface area (Å²) in [6, 6.07) is 16.9. The van der Waals surface area contributed by atoms with Crippen LogP contribution < -0.4 is 5.32 Å². The second-order valence-electron chi connectivity index (χ2n) is 5.47. The molecule has 0 aliphatic carbocycles. The van der Waals surface area contributed by atoms with Gasteiger partial charge in [-0.1, -0.05) is 48.0 Å². The van der Waals surface area contributed by atoms with Gasteiger partial charge in [0.25, 0.3) is 5.91 Å². The zero-order valence-corrected chi connectivity index (χ0v) is 15.4. The van der Waals surface area contributed by atoms with Gasteiger partial charge in [0.1, 0.15) is 16.6 Å². The summed E-state index contributed by atoms with van der Waals surface area (Å²) in [7, 11) is 0. The maximum atomic E-state index is 12.4. The zero-order chi connectivity index (χ0) is 18.5. The Balaban J connectivity index is 1.82. The smallest absolute Gasteiger partial charge is 0.266 e. The van der Waals surface area contributed by atoms with E-state index >= 15 is 0 Å². The lowest BCUT2D eigenvalue weighted by molar-refractivity contribution is -0.112. The van der Waals surface area contributed by atoms with E-state index in [-0.39, 0.29) is 5.57 Å².